The highest BCUT2D eigenvalue weighted by atomic mass is 16.7. The Kier molecular flexibility index (Phi) is 5.38. The standard InChI is InChI=1S/C24H28N2O2/c1-17(2)7-6-8-18(3)13-14-26-21-10-5-4-9-20(21)25-24(26)19-11-12-22-23(15-19)28-16-27-22/h4-5,7,9-12,15,18H,6,8,13-14,16H2,1-3H3. The molecular formula is C24H28N2O2. The summed E-state index contributed by atoms with van der Waals surface area (Å²) in [5.74, 6) is 3.27. The lowest BCUT2D eigenvalue weighted by Gasteiger charge is -2.14. The van der Waals surface area contributed by atoms with Crippen LogP contribution in [0.4, 0.5) is 0 Å². The highest BCUT2D eigenvalue weighted by molar-refractivity contribution is 5.81. The molecule has 1 aliphatic heterocycles. The van der Waals surface area contributed by atoms with Crippen molar-refractivity contribution in [2.45, 2.75) is 46.6 Å². The van der Waals surface area contributed by atoms with E-state index in [-0.39, 0.29) is 0 Å². The van der Waals surface area contributed by atoms with Gasteiger partial charge in [0.1, 0.15) is 5.82 Å². The van der Waals surface area contributed by atoms with Crippen molar-refractivity contribution >= 4 is 11.0 Å². The average Bonchev–Trinajstić information content (AvgIpc) is 3.29. The summed E-state index contributed by atoms with van der Waals surface area (Å²) in [7, 11) is 0. The molecule has 0 aliphatic carbocycles. The van der Waals surface area contributed by atoms with E-state index >= 15 is 0 Å². The van der Waals surface area contributed by atoms with Gasteiger partial charge < -0.3 is 14.0 Å². The lowest BCUT2D eigenvalue weighted by molar-refractivity contribution is 0.174. The fraction of sp³-hybridized carbons (Fsp3) is 0.375. The van der Waals surface area contributed by atoms with E-state index in [0.717, 1.165) is 47.8 Å². The number of rotatable bonds is 7. The molecule has 4 rings (SSSR count). The molecule has 0 bridgehead atoms. The van der Waals surface area contributed by atoms with Gasteiger partial charge in [0.05, 0.1) is 11.0 Å². The second-order valence-electron chi connectivity index (χ2n) is 7.90. The van der Waals surface area contributed by atoms with Crippen LogP contribution in [0.3, 0.4) is 0 Å². The Morgan fingerprint density at radius 2 is 1.93 bits per heavy atom. The number of ether oxygens (including phenoxy) is 2. The smallest absolute Gasteiger partial charge is 0.231 e. The van der Waals surface area contributed by atoms with Crippen molar-refractivity contribution in [3.05, 3.63) is 54.1 Å². The number of imidazole rings is 1. The maximum atomic E-state index is 5.57. The van der Waals surface area contributed by atoms with Gasteiger partial charge in [-0.1, -0.05) is 30.7 Å². The fourth-order valence-corrected chi connectivity index (χ4v) is 3.71. The molecule has 1 aromatic heterocycles. The number of allylic oxidation sites excluding steroid dienone is 2. The zero-order valence-electron chi connectivity index (χ0n) is 16.9. The van der Waals surface area contributed by atoms with E-state index in [2.05, 4.69) is 55.7 Å². The summed E-state index contributed by atoms with van der Waals surface area (Å²) in [4.78, 5) is 4.93. The van der Waals surface area contributed by atoms with Crippen LogP contribution in [0, 0.1) is 5.92 Å². The summed E-state index contributed by atoms with van der Waals surface area (Å²) < 4.78 is 13.4. The molecule has 0 amide bonds. The van der Waals surface area contributed by atoms with Crippen molar-refractivity contribution in [1.29, 1.82) is 0 Å². The van der Waals surface area contributed by atoms with Crippen LogP contribution in [0.25, 0.3) is 22.4 Å². The van der Waals surface area contributed by atoms with Crippen LogP contribution < -0.4 is 9.47 Å². The first kappa shape index (κ1) is 18.6. The number of hydrogen-bond acceptors (Lipinski definition) is 3. The van der Waals surface area contributed by atoms with Crippen LogP contribution in [0.2, 0.25) is 0 Å². The van der Waals surface area contributed by atoms with Crippen LogP contribution in [0.1, 0.15) is 40.0 Å². The molecule has 0 N–H and O–H groups in total. The number of aromatic nitrogens is 2. The van der Waals surface area contributed by atoms with Gasteiger partial charge in [-0.05, 0) is 69.4 Å². The SMILES string of the molecule is CC(C)=CCCC(C)CCn1c(-c2ccc3c(c2)OCO3)nc2ccccc21. The first-order valence-corrected chi connectivity index (χ1v) is 10.1. The minimum atomic E-state index is 0.290. The second kappa shape index (κ2) is 8.09. The molecule has 2 aromatic carbocycles. The van der Waals surface area contributed by atoms with Crippen molar-refractivity contribution in [2.24, 2.45) is 5.92 Å². The zero-order chi connectivity index (χ0) is 19.5. The van der Waals surface area contributed by atoms with Crippen LogP contribution in [-0.2, 0) is 6.54 Å². The summed E-state index contributed by atoms with van der Waals surface area (Å²) in [5, 5.41) is 0. The highest BCUT2D eigenvalue weighted by Crippen LogP contribution is 2.36. The molecule has 4 nitrogen and oxygen atoms in total. The van der Waals surface area contributed by atoms with E-state index in [0.29, 0.717) is 12.7 Å². The van der Waals surface area contributed by atoms with E-state index in [1.165, 1.54) is 17.5 Å². The third-order valence-corrected chi connectivity index (χ3v) is 5.34. The van der Waals surface area contributed by atoms with Crippen LogP contribution in [0.5, 0.6) is 11.5 Å². The van der Waals surface area contributed by atoms with E-state index in [1.54, 1.807) is 0 Å². The number of fused-ring (bicyclic) bond motifs is 2. The molecule has 146 valence electrons. The first-order chi connectivity index (χ1) is 13.6. The number of benzene rings is 2. The quantitative estimate of drug-likeness (QED) is 0.460. The lowest BCUT2D eigenvalue weighted by atomic mass is 10.0. The summed E-state index contributed by atoms with van der Waals surface area (Å²) in [6, 6.07) is 14.5. The van der Waals surface area contributed by atoms with Gasteiger partial charge in [0.25, 0.3) is 0 Å². The average molecular weight is 377 g/mol. The first-order valence-electron chi connectivity index (χ1n) is 10.1. The topological polar surface area (TPSA) is 36.3 Å². The monoisotopic (exact) mass is 376 g/mol. The molecule has 0 radical (unpaired) electrons. The van der Waals surface area contributed by atoms with Crippen LogP contribution in [0.15, 0.2) is 54.1 Å². The third-order valence-electron chi connectivity index (χ3n) is 5.34. The Bertz CT molecular complexity index is 999. The van der Waals surface area contributed by atoms with Gasteiger partial charge in [-0.2, -0.15) is 0 Å². The summed E-state index contributed by atoms with van der Waals surface area (Å²) >= 11 is 0. The molecule has 1 atom stereocenters. The molecule has 0 fully saturated rings. The Balaban J connectivity index is 1.60. The Morgan fingerprint density at radius 1 is 1.11 bits per heavy atom. The maximum absolute atomic E-state index is 5.57. The Hall–Kier alpha value is -2.75. The van der Waals surface area contributed by atoms with Crippen LogP contribution >= 0.6 is 0 Å². The van der Waals surface area contributed by atoms with Gasteiger partial charge in [-0.25, -0.2) is 4.98 Å². The third kappa shape index (κ3) is 3.91. The van der Waals surface area contributed by atoms with Crippen molar-refractivity contribution in [3.8, 4) is 22.9 Å². The fourth-order valence-electron chi connectivity index (χ4n) is 3.71. The molecule has 4 heteroatoms. The highest BCUT2D eigenvalue weighted by Gasteiger charge is 2.18. The van der Waals surface area contributed by atoms with Gasteiger partial charge in [0.15, 0.2) is 11.5 Å². The predicted octanol–water partition coefficient (Wildman–Crippen LogP) is 6.20. The maximum Gasteiger partial charge on any atom is 0.231 e. The van der Waals surface area contributed by atoms with Gasteiger partial charge in [0, 0.05) is 12.1 Å². The number of para-hydroxylation sites is 2. The van der Waals surface area contributed by atoms with Gasteiger partial charge in [0.2, 0.25) is 6.79 Å². The normalized spacial score (nSPS) is 13.7. The predicted molar refractivity (Wildman–Crippen MR) is 114 cm³/mol. The molecule has 0 saturated carbocycles. The molecule has 0 saturated heterocycles. The minimum absolute atomic E-state index is 0.290. The van der Waals surface area contributed by atoms with Crippen molar-refractivity contribution in [1.82, 2.24) is 9.55 Å². The Labute approximate surface area is 166 Å². The second-order valence-corrected chi connectivity index (χ2v) is 7.90. The van der Waals surface area contributed by atoms with Gasteiger partial charge >= 0.3 is 0 Å². The Morgan fingerprint density at radius 3 is 2.79 bits per heavy atom. The molecule has 1 unspecified atom stereocenters. The molecule has 3 aromatic rings. The molecular weight excluding hydrogens is 348 g/mol. The number of nitrogens with zero attached hydrogens (tertiary/aromatic N) is 2. The minimum Gasteiger partial charge on any atom is -0.454 e. The van der Waals surface area contributed by atoms with E-state index < -0.39 is 0 Å². The van der Waals surface area contributed by atoms with Gasteiger partial charge in [-0.15, -0.1) is 0 Å². The zero-order valence-corrected chi connectivity index (χ0v) is 16.9. The molecule has 2 heterocycles. The van der Waals surface area contributed by atoms with E-state index in [1.807, 2.05) is 18.2 Å². The number of aryl methyl sites for hydroxylation is 1. The summed E-state index contributed by atoms with van der Waals surface area (Å²) in [6.45, 7) is 7.93. The molecule has 28 heavy (non-hydrogen) atoms. The van der Waals surface area contributed by atoms with Crippen molar-refractivity contribution < 1.29 is 9.47 Å². The van der Waals surface area contributed by atoms with Crippen molar-refractivity contribution in [2.75, 3.05) is 6.79 Å². The van der Waals surface area contributed by atoms with Gasteiger partial charge in [-0.3, -0.25) is 0 Å². The van der Waals surface area contributed by atoms with Crippen LogP contribution in [-0.4, -0.2) is 16.3 Å². The van der Waals surface area contributed by atoms with E-state index in [4.69, 9.17) is 14.5 Å². The van der Waals surface area contributed by atoms with Crippen molar-refractivity contribution in [3.63, 3.8) is 0 Å². The largest absolute Gasteiger partial charge is 0.454 e. The lowest BCUT2D eigenvalue weighted by Crippen LogP contribution is -2.05. The number of hydrogen-bond donors (Lipinski definition) is 0. The molecule has 0 spiro atoms. The molecule has 1 aliphatic rings. The van der Waals surface area contributed by atoms with E-state index in [9.17, 15) is 0 Å². The summed E-state index contributed by atoms with van der Waals surface area (Å²) in [6.07, 6.45) is 5.84. The summed E-state index contributed by atoms with van der Waals surface area (Å²) in [5.41, 5.74) is 4.69.